The van der Waals surface area contributed by atoms with Crippen molar-refractivity contribution >= 4 is 34.7 Å². The molecule has 1 aromatic carbocycles. The van der Waals surface area contributed by atoms with Crippen LogP contribution in [0.25, 0.3) is 0 Å². The molecule has 0 unspecified atom stereocenters. The monoisotopic (exact) mass is 235 g/mol. The quantitative estimate of drug-likeness (QED) is 0.589. The lowest BCUT2D eigenvalue weighted by atomic mass is 10.3. The second-order valence-corrected chi connectivity index (χ2v) is 2.79. The van der Waals surface area contributed by atoms with Gasteiger partial charge in [-0.2, -0.15) is 13.8 Å². The van der Waals surface area contributed by atoms with E-state index in [-0.39, 0.29) is 10.8 Å². The van der Waals surface area contributed by atoms with Gasteiger partial charge in [-0.15, -0.1) is 0 Å². The van der Waals surface area contributed by atoms with Crippen LogP contribution in [0.15, 0.2) is 23.2 Å². The highest BCUT2D eigenvalue weighted by atomic mass is 35.5. The topological polar surface area (TPSA) is 21.6 Å². The van der Waals surface area contributed by atoms with Crippen molar-refractivity contribution in [2.24, 2.45) is 4.99 Å². The summed E-state index contributed by atoms with van der Waals surface area (Å²) in [5.41, 5.74) is 0.437. The number of hydrogen-bond donors (Lipinski definition) is 0. The lowest BCUT2D eigenvalue weighted by Crippen LogP contribution is -2.01. The number of thiocarbonyl (C=S) groups is 1. The minimum atomic E-state index is -2.90. The van der Waals surface area contributed by atoms with Crippen molar-refractivity contribution in [2.45, 2.75) is 6.61 Å². The minimum absolute atomic E-state index is 0.0526. The number of rotatable bonds is 3. The molecule has 0 aliphatic rings. The van der Waals surface area contributed by atoms with Gasteiger partial charge >= 0.3 is 6.61 Å². The van der Waals surface area contributed by atoms with E-state index in [1.165, 1.54) is 18.2 Å². The molecule has 0 aromatic heterocycles. The maximum atomic E-state index is 11.8. The Kier molecular flexibility index (Phi) is 3.95. The molecule has 0 aliphatic carbocycles. The van der Waals surface area contributed by atoms with Gasteiger partial charge in [0.1, 0.15) is 5.75 Å². The highest BCUT2D eigenvalue weighted by Gasteiger charge is 2.08. The summed E-state index contributed by atoms with van der Waals surface area (Å²) in [6.45, 7) is -2.90. The number of halogens is 3. The molecule has 0 radical (unpaired) electrons. The number of hydrogen-bond acceptors (Lipinski definition) is 3. The zero-order chi connectivity index (χ0) is 10.6. The third-order valence-electron chi connectivity index (χ3n) is 1.31. The highest BCUT2D eigenvalue weighted by molar-refractivity contribution is 7.78. The molecule has 0 saturated heterocycles. The van der Waals surface area contributed by atoms with Gasteiger partial charge in [-0.25, -0.2) is 0 Å². The molecular weight excluding hydrogens is 232 g/mol. The van der Waals surface area contributed by atoms with Crippen LogP contribution in [0.2, 0.25) is 5.02 Å². The molecule has 14 heavy (non-hydrogen) atoms. The van der Waals surface area contributed by atoms with Crippen molar-refractivity contribution in [2.75, 3.05) is 0 Å². The average Bonchev–Trinajstić information content (AvgIpc) is 2.10. The summed E-state index contributed by atoms with van der Waals surface area (Å²) in [5.74, 6) is -0.0926. The molecule has 2 nitrogen and oxygen atoms in total. The van der Waals surface area contributed by atoms with Crippen molar-refractivity contribution < 1.29 is 13.5 Å². The van der Waals surface area contributed by atoms with E-state index in [0.29, 0.717) is 5.69 Å². The Balaban J connectivity index is 2.95. The fourth-order valence-electron chi connectivity index (χ4n) is 0.804. The first-order chi connectivity index (χ1) is 6.63. The molecule has 0 fully saturated rings. The SMILES string of the molecule is FC(F)Oc1ccc(N=C=S)cc1Cl. The molecule has 6 heteroatoms. The molecule has 0 aliphatic heterocycles. The maximum absolute atomic E-state index is 11.8. The molecule has 74 valence electrons. The van der Waals surface area contributed by atoms with Crippen LogP contribution in [0.4, 0.5) is 14.5 Å². The summed E-state index contributed by atoms with van der Waals surface area (Å²) < 4.78 is 27.8. The van der Waals surface area contributed by atoms with Gasteiger partial charge in [0, 0.05) is 0 Å². The first-order valence-electron chi connectivity index (χ1n) is 3.45. The molecule has 0 saturated carbocycles. The molecule has 1 aromatic rings. The summed E-state index contributed by atoms with van der Waals surface area (Å²) in [6, 6.07) is 4.10. The smallest absolute Gasteiger partial charge is 0.387 e. The van der Waals surface area contributed by atoms with Gasteiger partial charge in [-0.1, -0.05) is 11.6 Å². The van der Waals surface area contributed by atoms with Gasteiger partial charge in [0.05, 0.1) is 15.9 Å². The van der Waals surface area contributed by atoms with Crippen molar-refractivity contribution in [1.29, 1.82) is 0 Å². The van der Waals surface area contributed by atoms with E-state index in [4.69, 9.17) is 11.6 Å². The predicted octanol–water partition coefficient (Wildman–Crippen LogP) is 3.68. The number of alkyl halides is 2. The van der Waals surface area contributed by atoms with Crippen LogP contribution in [-0.2, 0) is 0 Å². The summed E-state index contributed by atoms with van der Waals surface area (Å²) in [6.07, 6.45) is 0. The third-order valence-corrected chi connectivity index (χ3v) is 1.69. The molecular formula is C8H4ClF2NOS. The van der Waals surface area contributed by atoms with Crippen LogP contribution < -0.4 is 4.74 Å². The molecule has 0 heterocycles. The lowest BCUT2D eigenvalue weighted by molar-refractivity contribution is -0.0497. The normalized spacial score (nSPS) is 9.71. The van der Waals surface area contributed by atoms with E-state index in [0.717, 1.165) is 0 Å². The largest absolute Gasteiger partial charge is 0.433 e. The molecule has 0 amide bonds. The fourth-order valence-corrected chi connectivity index (χ4v) is 1.13. The van der Waals surface area contributed by atoms with Crippen LogP contribution in [0, 0.1) is 0 Å². The van der Waals surface area contributed by atoms with Crippen LogP contribution >= 0.6 is 23.8 Å². The van der Waals surface area contributed by atoms with E-state index in [1.54, 1.807) is 0 Å². The Morgan fingerprint density at radius 2 is 2.21 bits per heavy atom. The molecule has 1 rings (SSSR count). The summed E-state index contributed by atoms with van der Waals surface area (Å²) in [5, 5.41) is 2.18. The Morgan fingerprint density at radius 3 is 2.71 bits per heavy atom. The third kappa shape index (κ3) is 3.03. The second kappa shape index (κ2) is 5.00. The van der Waals surface area contributed by atoms with Gasteiger partial charge in [0.2, 0.25) is 0 Å². The van der Waals surface area contributed by atoms with Gasteiger partial charge in [-0.05, 0) is 30.4 Å². The molecule has 0 bridgehead atoms. The van der Waals surface area contributed by atoms with Gasteiger partial charge in [0.25, 0.3) is 0 Å². The van der Waals surface area contributed by atoms with E-state index < -0.39 is 6.61 Å². The first-order valence-corrected chi connectivity index (χ1v) is 4.24. The summed E-state index contributed by atoms with van der Waals surface area (Å²) in [4.78, 5) is 3.63. The van der Waals surface area contributed by atoms with E-state index >= 15 is 0 Å². The molecule has 0 N–H and O–H groups in total. The van der Waals surface area contributed by atoms with E-state index in [1.807, 2.05) is 0 Å². The Labute approximate surface area is 89.2 Å². The Bertz CT molecular complexity index is 380. The summed E-state index contributed by atoms with van der Waals surface area (Å²) >= 11 is 10.00. The van der Waals surface area contributed by atoms with Gasteiger partial charge < -0.3 is 4.74 Å². The maximum Gasteiger partial charge on any atom is 0.387 e. The predicted molar refractivity (Wildman–Crippen MR) is 52.8 cm³/mol. The van der Waals surface area contributed by atoms with Crippen LogP contribution in [0.3, 0.4) is 0 Å². The van der Waals surface area contributed by atoms with Crippen molar-refractivity contribution in [3.63, 3.8) is 0 Å². The minimum Gasteiger partial charge on any atom is -0.433 e. The molecule has 0 spiro atoms. The van der Waals surface area contributed by atoms with Gasteiger partial charge in [-0.3, -0.25) is 0 Å². The number of ether oxygens (including phenoxy) is 1. The van der Waals surface area contributed by atoms with E-state index in [2.05, 4.69) is 27.1 Å². The standard InChI is InChI=1S/C8H4ClF2NOS/c9-6-3-5(12-4-14)1-2-7(6)13-8(10)11/h1-3,8H. The average molecular weight is 236 g/mol. The van der Waals surface area contributed by atoms with Gasteiger partial charge in [0.15, 0.2) is 0 Å². The zero-order valence-electron chi connectivity index (χ0n) is 6.71. The van der Waals surface area contributed by atoms with Crippen molar-refractivity contribution in [3.05, 3.63) is 23.2 Å². The second-order valence-electron chi connectivity index (χ2n) is 2.20. The van der Waals surface area contributed by atoms with Crippen molar-refractivity contribution in [3.8, 4) is 5.75 Å². The van der Waals surface area contributed by atoms with Crippen LogP contribution in [0.5, 0.6) is 5.75 Å². The molecule has 0 atom stereocenters. The Hall–Kier alpha value is -1.03. The van der Waals surface area contributed by atoms with Crippen LogP contribution in [-0.4, -0.2) is 11.8 Å². The fraction of sp³-hybridized carbons (Fsp3) is 0.125. The zero-order valence-corrected chi connectivity index (χ0v) is 8.28. The first kappa shape index (κ1) is 11.0. The number of nitrogens with zero attached hydrogens (tertiary/aromatic N) is 1. The number of isothiocyanates is 1. The number of aliphatic imine (C=N–C) groups is 1. The Morgan fingerprint density at radius 1 is 1.50 bits per heavy atom. The van der Waals surface area contributed by atoms with Crippen LogP contribution in [0.1, 0.15) is 0 Å². The number of benzene rings is 1. The van der Waals surface area contributed by atoms with E-state index in [9.17, 15) is 8.78 Å². The lowest BCUT2D eigenvalue weighted by Gasteiger charge is -2.05. The van der Waals surface area contributed by atoms with Crippen molar-refractivity contribution in [1.82, 2.24) is 0 Å². The summed E-state index contributed by atoms with van der Waals surface area (Å²) in [7, 11) is 0. The highest BCUT2D eigenvalue weighted by Crippen LogP contribution is 2.29.